The third kappa shape index (κ3) is 2.88. The molecule has 6 heteroatoms. The standard InChI is InChI=1S/C12H22N4O2/c1-9-13-14-11(15(9)4)6-16-5-10(7-17)18-12(2,3)8-16/h10,17H,5-8H2,1-4H3. The molecular formula is C12H22N4O2. The van der Waals surface area contributed by atoms with Crippen molar-refractivity contribution in [3.05, 3.63) is 11.6 Å². The second-order valence-corrected chi connectivity index (χ2v) is 5.57. The fraction of sp³-hybridized carbons (Fsp3) is 0.833. The minimum Gasteiger partial charge on any atom is -0.394 e. The molecule has 0 aromatic carbocycles. The molecule has 2 heterocycles. The van der Waals surface area contributed by atoms with Crippen LogP contribution in [0.4, 0.5) is 0 Å². The summed E-state index contributed by atoms with van der Waals surface area (Å²) >= 11 is 0. The molecule has 0 aliphatic carbocycles. The highest BCUT2D eigenvalue weighted by Crippen LogP contribution is 2.22. The molecule has 0 radical (unpaired) electrons. The Balaban J connectivity index is 2.06. The summed E-state index contributed by atoms with van der Waals surface area (Å²) in [4.78, 5) is 2.26. The third-order valence-electron chi connectivity index (χ3n) is 3.30. The molecular weight excluding hydrogens is 232 g/mol. The predicted octanol–water partition coefficient (Wildman–Crippen LogP) is 0.0952. The first-order chi connectivity index (χ1) is 8.41. The van der Waals surface area contributed by atoms with Crippen LogP contribution in [0.5, 0.6) is 0 Å². The SMILES string of the molecule is Cc1nnc(CN2CC(CO)OC(C)(C)C2)n1C. The first-order valence-electron chi connectivity index (χ1n) is 6.27. The summed E-state index contributed by atoms with van der Waals surface area (Å²) in [5, 5.41) is 17.5. The Morgan fingerprint density at radius 3 is 2.72 bits per heavy atom. The van der Waals surface area contributed by atoms with Gasteiger partial charge in [-0.1, -0.05) is 0 Å². The number of aliphatic hydroxyl groups excluding tert-OH is 1. The van der Waals surface area contributed by atoms with Crippen LogP contribution in [0.3, 0.4) is 0 Å². The maximum absolute atomic E-state index is 9.28. The summed E-state index contributed by atoms with van der Waals surface area (Å²) in [7, 11) is 1.97. The minimum atomic E-state index is -0.237. The van der Waals surface area contributed by atoms with Gasteiger partial charge in [-0.25, -0.2) is 0 Å². The summed E-state index contributed by atoms with van der Waals surface area (Å²) in [6, 6.07) is 0. The number of aliphatic hydroxyl groups is 1. The van der Waals surface area contributed by atoms with Gasteiger partial charge in [0.2, 0.25) is 0 Å². The molecule has 1 aliphatic rings. The van der Waals surface area contributed by atoms with Gasteiger partial charge in [0.15, 0.2) is 0 Å². The molecule has 1 N–H and O–H groups in total. The lowest BCUT2D eigenvalue weighted by molar-refractivity contribution is -0.151. The molecule has 0 spiro atoms. The highest BCUT2D eigenvalue weighted by Gasteiger charge is 2.33. The summed E-state index contributed by atoms with van der Waals surface area (Å²) in [5.74, 6) is 1.86. The van der Waals surface area contributed by atoms with E-state index in [1.54, 1.807) is 0 Å². The summed E-state index contributed by atoms with van der Waals surface area (Å²) in [5.41, 5.74) is -0.237. The molecule has 1 atom stereocenters. The van der Waals surface area contributed by atoms with Crippen LogP contribution in [0.15, 0.2) is 0 Å². The Labute approximate surface area is 108 Å². The van der Waals surface area contributed by atoms with Gasteiger partial charge < -0.3 is 14.4 Å². The normalized spacial score (nSPS) is 24.4. The van der Waals surface area contributed by atoms with Gasteiger partial charge in [0.25, 0.3) is 0 Å². The van der Waals surface area contributed by atoms with Gasteiger partial charge in [-0.05, 0) is 20.8 Å². The van der Waals surface area contributed by atoms with E-state index in [-0.39, 0.29) is 18.3 Å². The quantitative estimate of drug-likeness (QED) is 0.828. The predicted molar refractivity (Wildman–Crippen MR) is 67.1 cm³/mol. The molecule has 1 aromatic rings. The van der Waals surface area contributed by atoms with E-state index in [1.165, 1.54) is 0 Å². The van der Waals surface area contributed by atoms with Crippen LogP contribution in [0.2, 0.25) is 0 Å². The van der Waals surface area contributed by atoms with E-state index in [4.69, 9.17) is 4.74 Å². The average Bonchev–Trinajstić information content (AvgIpc) is 2.59. The lowest BCUT2D eigenvalue weighted by Crippen LogP contribution is -2.53. The van der Waals surface area contributed by atoms with Gasteiger partial charge in [-0.3, -0.25) is 4.90 Å². The molecule has 2 rings (SSSR count). The van der Waals surface area contributed by atoms with Crippen LogP contribution in [0, 0.1) is 6.92 Å². The van der Waals surface area contributed by atoms with Gasteiger partial charge in [0.05, 0.1) is 24.9 Å². The molecule has 1 aromatic heterocycles. The van der Waals surface area contributed by atoms with Gasteiger partial charge in [0.1, 0.15) is 11.6 Å². The number of hydrogen-bond donors (Lipinski definition) is 1. The maximum Gasteiger partial charge on any atom is 0.146 e. The van der Waals surface area contributed by atoms with Crippen LogP contribution < -0.4 is 0 Å². The zero-order valence-corrected chi connectivity index (χ0v) is 11.6. The van der Waals surface area contributed by atoms with Crippen molar-refractivity contribution in [2.24, 2.45) is 7.05 Å². The molecule has 6 nitrogen and oxygen atoms in total. The van der Waals surface area contributed by atoms with E-state index in [0.29, 0.717) is 0 Å². The van der Waals surface area contributed by atoms with Crippen LogP contribution >= 0.6 is 0 Å². The van der Waals surface area contributed by atoms with Gasteiger partial charge >= 0.3 is 0 Å². The monoisotopic (exact) mass is 254 g/mol. The topological polar surface area (TPSA) is 63.4 Å². The van der Waals surface area contributed by atoms with E-state index >= 15 is 0 Å². The number of ether oxygens (including phenoxy) is 1. The molecule has 18 heavy (non-hydrogen) atoms. The number of aromatic nitrogens is 3. The van der Waals surface area contributed by atoms with Crippen molar-refractivity contribution in [1.82, 2.24) is 19.7 Å². The second-order valence-electron chi connectivity index (χ2n) is 5.57. The lowest BCUT2D eigenvalue weighted by Gasteiger charge is -2.42. The van der Waals surface area contributed by atoms with Crippen molar-refractivity contribution in [2.45, 2.75) is 39.0 Å². The Morgan fingerprint density at radius 1 is 1.44 bits per heavy atom. The Morgan fingerprint density at radius 2 is 2.17 bits per heavy atom. The Bertz CT molecular complexity index is 416. The van der Waals surface area contributed by atoms with Crippen LogP contribution in [0.1, 0.15) is 25.5 Å². The van der Waals surface area contributed by atoms with Crippen LogP contribution in [0.25, 0.3) is 0 Å². The number of hydrogen-bond acceptors (Lipinski definition) is 5. The van der Waals surface area contributed by atoms with Crippen molar-refractivity contribution in [3.63, 3.8) is 0 Å². The van der Waals surface area contributed by atoms with Crippen molar-refractivity contribution in [1.29, 1.82) is 0 Å². The molecule has 102 valence electrons. The summed E-state index contributed by atoms with van der Waals surface area (Å²) in [6.07, 6.45) is -0.122. The zero-order valence-electron chi connectivity index (χ0n) is 11.6. The molecule has 1 unspecified atom stereocenters. The van der Waals surface area contributed by atoms with Crippen molar-refractivity contribution >= 4 is 0 Å². The Hall–Kier alpha value is -0.980. The van der Waals surface area contributed by atoms with Gasteiger partial charge in [0, 0.05) is 20.1 Å². The molecule has 1 saturated heterocycles. The maximum atomic E-state index is 9.28. The fourth-order valence-corrected chi connectivity index (χ4v) is 2.42. The molecule has 1 aliphatic heterocycles. The Kier molecular flexibility index (Phi) is 3.70. The first-order valence-corrected chi connectivity index (χ1v) is 6.27. The highest BCUT2D eigenvalue weighted by atomic mass is 16.5. The molecule has 1 fully saturated rings. The van der Waals surface area contributed by atoms with Crippen LogP contribution in [-0.2, 0) is 18.3 Å². The third-order valence-corrected chi connectivity index (χ3v) is 3.30. The lowest BCUT2D eigenvalue weighted by atomic mass is 10.1. The number of rotatable bonds is 3. The van der Waals surface area contributed by atoms with Crippen LogP contribution in [-0.4, -0.2) is 56.2 Å². The molecule has 0 bridgehead atoms. The fourth-order valence-electron chi connectivity index (χ4n) is 2.42. The van der Waals surface area contributed by atoms with E-state index in [9.17, 15) is 5.11 Å². The van der Waals surface area contributed by atoms with Gasteiger partial charge in [-0.2, -0.15) is 0 Å². The van der Waals surface area contributed by atoms with E-state index in [0.717, 1.165) is 31.3 Å². The number of morpholine rings is 1. The summed E-state index contributed by atoms with van der Waals surface area (Å²) in [6.45, 7) is 8.38. The van der Waals surface area contributed by atoms with Gasteiger partial charge in [-0.15, -0.1) is 10.2 Å². The number of aryl methyl sites for hydroxylation is 1. The second kappa shape index (κ2) is 4.95. The number of nitrogens with zero attached hydrogens (tertiary/aromatic N) is 4. The first kappa shape index (κ1) is 13.5. The summed E-state index contributed by atoms with van der Waals surface area (Å²) < 4.78 is 7.79. The van der Waals surface area contributed by atoms with Crippen molar-refractivity contribution < 1.29 is 9.84 Å². The van der Waals surface area contributed by atoms with Crippen molar-refractivity contribution in [2.75, 3.05) is 19.7 Å². The average molecular weight is 254 g/mol. The van der Waals surface area contributed by atoms with E-state index in [1.807, 2.05) is 32.4 Å². The largest absolute Gasteiger partial charge is 0.394 e. The molecule has 0 saturated carbocycles. The zero-order chi connectivity index (χ0) is 13.3. The van der Waals surface area contributed by atoms with Crippen molar-refractivity contribution in [3.8, 4) is 0 Å². The smallest absolute Gasteiger partial charge is 0.146 e. The van der Waals surface area contributed by atoms with E-state index < -0.39 is 0 Å². The van der Waals surface area contributed by atoms with E-state index in [2.05, 4.69) is 15.1 Å². The minimum absolute atomic E-state index is 0.0533. The highest BCUT2D eigenvalue weighted by molar-refractivity contribution is 4.94. The molecule has 0 amide bonds.